The number of hydrogen-bond acceptors (Lipinski definition) is 2. The molecule has 1 aromatic rings. The quantitative estimate of drug-likeness (QED) is 0.914. The summed E-state index contributed by atoms with van der Waals surface area (Å²) in [6.45, 7) is 1.40. The van der Waals surface area contributed by atoms with Crippen LogP contribution < -0.4 is 5.32 Å². The van der Waals surface area contributed by atoms with Gasteiger partial charge in [-0.2, -0.15) is 0 Å². The first kappa shape index (κ1) is 13.8. The molecular weight excluding hydrogens is 250 g/mol. The van der Waals surface area contributed by atoms with Crippen molar-refractivity contribution in [3.05, 3.63) is 29.8 Å². The monoisotopic (exact) mass is 268 g/mol. The number of rotatable bonds is 3. The third-order valence-corrected chi connectivity index (χ3v) is 3.34. The van der Waals surface area contributed by atoms with Gasteiger partial charge in [0.2, 0.25) is 5.91 Å². The first-order valence-electron chi connectivity index (χ1n) is 6.64. The molecule has 0 atom stereocenters. The normalized spacial score (nSPS) is 16.0. The number of carbonyl (C=O) groups excluding carboxylic acids is 1. The molecule has 0 aliphatic carbocycles. The molecule has 1 heterocycles. The Morgan fingerprint density at radius 2 is 1.68 bits per heavy atom. The van der Waals surface area contributed by atoms with Gasteiger partial charge in [0.15, 0.2) is 0 Å². The van der Waals surface area contributed by atoms with Crippen molar-refractivity contribution in [2.45, 2.75) is 25.7 Å². The van der Waals surface area contributed by atoms with E-state index in [0.29, 0.717) is 0 Å². The highest BCUT2D eigenvalue weighted by atomic mass is 19.1. The molecule has 2 rings (SSSR count). The number of carbonyl (C=O) groups is 1. The molecule has 0 spiro atoms. The topological polar surface area (TPSA) is 32.3 Å². The second-order valence-corrected chi connectivity index (χ2v) is 4.75. The molecule has 1 amide bonds. The van der Waals surface area contributed by atoms with Crippen LogP contribution in [-0.2, 0) is 4.79 Å². The molecule has 0 saturated carbocycles. The average Bonchev–Trinajstić information content (AvgIpc) is 2.66. The maximum atomic E-state index is 13.4. The Morgan fingerprint density at radius 3 is 2.26 bits per heavy atom. The first-order valence-corrected chi connectivity index (χ1v) is 6.64. The zero-order valence-corrected chi connectivity index (χ0v) is 10.8. The Morgan fingerprint density at radius 1 is 1.11 bits per heavy atom. The number of benzene rings is 1. The summed E-state index contributed by atoms with van der Waals surface area (Å²) in [5, 5.41) is 2.56. The van der Waals surface area contributed by atoms with Crippen molar-refractivity contribution >= 4 is 11.6 Å². The second-order valence-electron chi connectivity index (χ2n) is 4.75. The minimum atomic E-state index is -0.677. The molecule has 0 aromatic heterocycles. The fraction of sp³-hybridized carbons (Fsp3) is 0.500. The van der Waals surface area contributed by atoms with E-state index < -0.39 is 11.6 Å². The smallest absolute Gasteiger partial charge is 0.241 e. The third-order valence-electron chi connectivity index (χ3n) is 3.34. The number of anilines is 1. The minimum Gasteiger partial charge on any atom is -0.371 e. The summed E-state index contributed by atoms with van der Waals surface area (Å²) in [4.78, 5) is 13.7. The molecule has 5 heteroatoms. The lowest BCUT2D eigenvalue weighted by atomic mass is 10.2. The van der Waals surface area contributed by atoms with Crippen LogP contribution in [0.1, 0.15) is 25.7 Å². The Balaban J connectivity index is 1.92. The highest BCUT2D eigenvalue weighted by Gasteiger charge is 2.16. The van der Waals surface area contributed by atoms with Gasteiger partial charge in [-0.25, -0.2) is 8.78 Å². The maximum Gasteiger partial charge on any atom is 0.241 e. The number of hydrogen-bond donors (Lipinski definition) is 1. The van der Waals surface area contributed by atoms with Crippen LogP contribution in [0.15, 0.2) is 18.2 Å². The molecule has 0 bridgehead atoms. The predicted octanol–water partition coefficient (Wildman–Crippen LogP) is 2.78. The van der Waals surface area contributed by atoms with Gasteiger partial charge in [-0.15, -0.1) is 0 Å². The average molecular weight is 268 g/mol. The highest BCUT2D eigenvalue weighted by molar-refractivity contribution is 5.81. The van der Waals surface area contributed by atoms with Crippen LogP contribution in [-0.4, -0.2) is 30.4 Å². The van der Waals surface area contributed by atoms with Crippen molar-refractivity contribution in [3.8, 4) is 0 Å². The summed E-state index contributed by atoms with van der Waals surface area (Å²) in [6, 6.07) is 3.64. The van der Waals surface area contributed by atoms with Crippen molar-refractivity contribution in [3.63, 3.8) is 0 Å². The van der Waals surface area contributed by atoms with Crippen molar-refractivity contribution in [1.82, 2.24) is 4.90 Å². The number of para-hydroxylation sites is 1. The van der Waals surface area contributed by atoms with Crippen LogP contribution >= 0.6 is 0 Å². The molecule has 1 aliphatic heterocycles. The summed E-state index contributed by atoms with van der Waals surface area (Å²) in [5.41, 5.74) is -0.231. The van der Waals surface area contributed by atoms with Gasteiger partial charge in [0, 0.05) is 13.1 Å². The van der Waals surface area contributed by atoms with Crippen molar-refractivity contribution in [2.75, 3.05) is 25.0 Å². The zero-order valence-electron chi connectivity index (χ0n) is 10.8. The van der Waals surface area contributed by atoms with Crippen molar-refractivity contribution in [2.24, 2.45) is 0 Å². The maximum absolute atomic E-state index is 13.4. The van der Waals surface area contributed by atoms with E-state index in [0.717, 1.165) is 38.8 Å². The van der Waals surface area contributed by atoms with Gasteiger partial charge in [-0.3, -0.25) is 4.79 Å². The molecule has 1 N–H and O–H groups in total. The molecule has 0 radical (unpaired) electrons. The summed E-state index contributed by atoms with van der Waals surface area (Å²) in [6.07, 6.45) is 4.28. The summed E-state index contributed by atoms with van der Waals surface area (Å²) >= 11 is 0. The van der Waals surface area contributed by atoms with Gasteiger partial charge in [0.25, 0.3) is 0 Å². The second kappa shape index (κ2) is 6.50. The van der Waals surface area contributed by atoms with Crippen LogP contribution in [0.25, 0.3) is 0 Å². The fourth-order valence-electron chi connectivity index (χ4n) is 2.26. The fourth-order valence-corrected chi connectivity index (χ4v) is 2.26. The molecule has 3 nitrogen and oxygen atoms in total. The van der Waals surface area contributed by atoms with Gasteiger partial charge < -0.3 is 10.2 Å². The third kappa shape index (κ3) is 3.66. The number of halogens is 2. The first-order chi connectivity index (χ1) is 9.18. The van der Waals surface area contributed by atoms with Crippen LogP contribution in [0.2, 0.25) is 0 Å². The van der Waals surface area contributed by atoms with Gasteiger partial charge in [0.1, 0.15) is 17.3 Å². The van der Waals surface area contributed by atoms with Crippen LogP contribution in [0.4, 0.5) is 14.5 Å². The number of amides is 1. The lowest BCUT2D eigenvalue weighted by Crippen LogP contribution is -2.36. The van der Waals surface area contributed by atoms with E-state index in [2.05, 4.69) is 5.32 Å². The predicted molar refractivity (Wildman–Crippen MR) is 69.9 cm³/mol. The van der Waals surface area contributed by atoms with Gasteiger partial charge in [0.05, 0.1) is 6.54 Å². The number of nitrogens with zero attached hydrogens (tertiary/aromatic N) is 1. The van der Waals surface area contributed by atoms with Crippen LogP contribution in [0, 0.1) is 11.6 Å². The Hall–Kier alpha value is -1.65. The van der Waals surface area contributed by atoms with Crippen LogP contribution in [0.3, 0.4) is 0 Å². The van der Waals surface area contributed by atoms with Crippen molar-refractivity contribution in [1.29, 1.82) is 0 Å². The minimum absolute atomic E-state index is 0.0716. The van der Waals surface area contributed by atoms with E-state index in [1.807, 2.05) is 0 Å². The van der Waals surface area contributed by atoms with Crippen LogP contribution in [0.5, 0.6) is 0 Å². The SMILES string of the molecule is O=C(CNc1c(F)cccc1F)N1CCCCCC1. The largest absolute Gasteiger partial charge is 0.371 e. The van der Waals surface area contributed by atoms with E-state index >= 15 is 0 Å². The van der Waals surface area contributed by atoms with E-state index in [-0.39, 0.29) is 18.1 Å². The van der Waals surface area contributed by atoms with E-state index in [1.165, 1.54) is 18.2 Å². The van der Waals surface area contributed by atoms with Crippen molar-refractivity contribution < 1.29 is 13.6 Å². The van der Waals surface area contributed by atoms with E-state index in [4.69, 9.17) is 0 Å². The molecule has 1 aromatic carbocycles. The summed E-state index contributed by atoms with van der Waals surface area (Å²) in [7, 11) is 0. The Kier molecular flexibility index (Phi) is 4.71. The Labute approximate surface area is 111 Å². The highest BCUT2D eigenvalue weighted by Crippen LogP contribution is 2.18. The number of likely N-dealkylation sites (tertiary alicyclic amines) is 1. The standard InChI is InChI=1S/C14H18F2N2O/c15-11-6-5-7-12(16)14(11)17-10-13(19)18-8-3-1-2-4-9-18/h5-7,17H,1-4,8-10H2. The summed E-state index contributed by atoms with van der Waals surface area (Å²) in [5.74, 6) is -1.46. The Bertz CT molecular complexity index is 423. The molecule has 104 valence electrons. The molecule has 1 saturated heterocycles. The van der Waals surface area contributed by atoms with Gasteiger partial charge in [-0.05, 0) is 25.0 Å². The van der Waals surface area contributed by atoms with E-state index in [1.54, 1.807) is 4.90 Å². The lowest BCUT2D eigenvalue weighted by molar-refractivity contribution is -0.129. The molecule has 0 unspecified atom stereocenters. The molecule has 1 fully saturated rings. The summed E-state index contributed by atoms with van der Waals surface area (Å²) < 4.78 is 26.8. The molecular formula is C14H18F2N2O. The van der Waals surface area contributed by atoms with Gasteiger partial charge in [-0.1, -0.05) is 18.9 Å². The molecule has 1 aliphatic rings. The number of nitrogens with one attached hydrogen (secondary N) is 1. The zero-order chi connectivity index (χ0) is 13.7. The van der Waals surface area contributed by atoms with E-state index in [9.17, 15) is 13.6 Å². The molecule has 19 heavy (non-hydrogen) atoms. The van der Waals surface area contributed by atoms with Gasteiger partial charge >= 0.3 is 0 Å². The lowest BCUT2D eigenvalue weighted by Gasteiger charge is -2.20.